The smallest absolute Gasteiger partial charge is 0.191 e. The van der Waals surface area contributed by atoms with Crippen molar-refractivity contribution >= 4 is 17.3 Å². The third-order valence-electron chi connectivity index (χ3n) is 2.98. The summed E-state index contributed by atoms with van der Waals surface area (Å²) in [5, 5.41) is 8.56. The molecular weight excluding hydrogens is 273 g/mol. The summed E-state index contributed by atoms with van der Waals surface area (Å²) in [5.41, 5.74) is 2.30. The standard InChI is InChI=1S/C15H18FN3S/c1-11-7-8-20-14(11)10-19-15(17-2)18-9-12-3-5-13(16)6-4-12/h3-8H,9-10H2,1-2H3,(H2,17,18,19). The molecule has 106 valence electrons. The first kappa shape index (κ1) is 14.5. The quantitative estimate of drug-likeness (QED) is 0.671. The fourth-order valence-corrected chi connectivity index (χ4v) is 2.60. The van der Waals surface area contributed by atoms with E-state index in [-0.39, 0.29) is 5.82 Å². The van der Waals surface area contributed by atoms with Gasteiger partial charge in [0.05, 0.1) is 6.54 Å². The Labute approximate surface area is 122 Å². The molecule has 1 aromatic heterocycles. The summed E-state index contributed by atoms with van der Waals surface area (Å²) in [4.78, 5) is 5.48. The number of aliphatic imine (C=N–C) groups is 1. The van der Waals surface area contributed by atoms with Crippen molar-refractivity contribution in [1.82, 2.24) is 10.6 Å². The Kier molecular flexibility index (Phi) is 5.12. The molecule has 0 saturated heterocycles. The van der Waals surface area contributed by atoms with Crippen LogP contribution in [0, 0.1) is 12.7 Å². The van der Waals surface area contributed by atoms with E-state index in [1.807, 2.05) is 0 Å². The summed E-state index contributed by atoms with van der Waals surface area (Å²) >= 11 is 1.73. The number of hydrogen-bond donors (Lipinski definition) is 2. The van der Waals surface area contributed by atoms with Gasteiger partial charge in [0.25, 0.3) is 0 Å². The lowest BCUT2D eigenvalue weighted by Crippen LogP contribution is -2.36. The van der Waals surface area contributed by atoms with Gasteiger partial charge in [-0.15, -0.1) is 11.3 Å². The minimum absolute atomic E-state index is 0.218. The van der Waals surface area contributed by atoms with Crippen LogP contribution < -0.4 is 10.6 Å². The minimum Gasteiger partial charge on any atom is -0.352 e. The molecule has 2 rings (SSSR count). The highest BCUT2D eigenvalue weighted by molar-refractivity contribution is 7.10. The van der Waals surface area contributed by atoms with Gasteiger partial charge in [0.15, 0.2) is 5.96 Å². The van der Waals surface area contributed by atoms with Crippen LogP contribution in [0.1, 0.15) is 16.0 Å². The average molecular weight is 291 g/mol. The summed E-state index contributed by atoms with van der Waals surface area (Å²) in [6, 6.07) is 8.55. The third-order valence-corrected chi connectivity index (χ3v) is 4.00. The molecule has 0 atom stereocenters. The molecule has 0 radical (unpaired) electrons. The number of halogens is 1. The molecule has 0 saturated carbocycles. The molecule has 1 aromatic carbocycles. The van der Waals surface area contributed by atoms with Crippen LogP contribution >= 0.6 is 11.3 Å². The fraction of sp³-hybridized carbons (Fsp3) is 0.267. The van der Waals surface area contributed by atoms with Gasteiger partial charge in [-0.1, -0.05) is 12.1 Å². The maximum atomic E-state index is 12.8. The molecule has 5 heteroatoms. The topological polar surface area (TPSA) is 36.4 Å². The van der Waals surface area contributed by atoms with Gasteiger partial charge in [0.2, 0.25) is 0 Å². The highest BCUT2D eigenvalue weighted by atomic mass is 32.1. The Morgan fingerprint density at radius 2 is 1.85 bits per heavy atom. The van der Waals surface area contributed by atoms with Gasteiger partial charge in [-0.25, -0.2) is 4.39 Å². The molecule has 0 aliphatic heterocycles. The number of aryl methyl sites for hydroxylation is 1. The van der Waals surface area contributed by atoms with Gasteiger partial charge >= 0.3 is 0 Å². The van der Waals surface area contributed by atoms with E-state index in [1.165, 1.54) is 22.6 Å². The number of thiophene rings is 1. The summed E-state index contributed by atoms with van der Waals surface area (Å²) in [5.74, 6) is 0.520. The van der Waals surface area contributed by atoms with E-state index in [2.05, 4.69) is 34.0 Å². The van der Waals surface area contributed by atoms with Crippen LogP contribution in [0.3, 0.4) is 0 Å². The van der Waals surface area contributed by atoms with E-state index < -0.39 is 0 Å². The van der Waals surface area contributed by atoms with Crippen molar-refractivity contribution in [3.05, 3.63) is 57.5 Å². The van der Waals surface area contributed by atoms with Gasteiger partial charge in [-0.05, 0) is 41.6 Å². The van der Waals surface area contributed by atoms with E-state index in [0.717, 1.165) is 18.1 Å². The zero-order valence-electron chi connectivity index (χ0n) is 11.6. The maximum absolute atomic E-state index is 12.8. The summed E-state index contributed by atoms with van der Waals surface area (Å²) in [6.07, 6.45) is 0. The van der Waals surface area contributed by atoms with Gasteiger partial charge in [-0.3, -0.25) is 4.99 Å². The summed E-state index contributed by atoms with van der Waals surface area (Å²) in [6.45, 7) is 3.47. The number of hydrogen-bond acceptors (Lipinski definition) is 2. The Hall–Kier alpha value is -1.88. The van der Waals surface area contributed by atoms with Gasteiger partial charge in [0.1, 0.15) is 5.82 Å². The zero-order chi connectivity index (χ0) is 14.4. The van der Waals surface area contributed by atoms with Crippen molar-refractivity contribution in [3.8, 4) is 0 Å². The summed E-state index contributed by atoms with van der Waals surface area (Å²) < 4.78 is 12.8. The molecular formula is C15H18FN3S. The van der Waals surface area contributed by atoms with E-state index >= 15 is 0 Å². The lowest BCUT2D eigenvalue weighted by Gasteiger charge is -2.11. The Morgan fingerprint density at radius 1 is 1.15 bits per heavy atom. The third kappa shape index (κ3) is 4.06. The molecule has 0 amide bonds. The van der Waals surface area contributed by atoms with Crippen LogP contribution in [-0.2, 0) is 13.1 Å². The Balaban J connectivity index is 1.84. The van der Waals surface area contributed by atoms with Crippen molar-refractivity contribution in [1.29, 1.82) is 0 Å². The predicted octanol–water partition coefficient (Wildman–Crippen LogP) is 3.06. The van der Waals surface area contributed by atoms with Gasteiger partial charge < -0.3 is 10.6 Å². The SMILES string of the molecule is CN=C(NCc1ccc(F)cc1)NCc1sccc1C. The molecule has 3 nitrogen and oxygen atoms in total. The first-order valence-electron chi connectivity index (χ1n) is 6.41. The lowest BCUT2D eigenvalue weighted by atomic mass is 10.2. The number of nitrogens with one attached hydrogen (secondary N) is 2. The summed E-state index contributed by atoms with van der Waals surface area (Å²) in [7, 11) is 1.74. The predicted molar refractivity (Wildman–Crippen MR) is 82.5 cm³/mol. The number of benzene rings is 1. The largest absolute Gasteiger partial charge is 0.352 e. The molecule has 20 heavy (non-hydrogen) atoms. The van der Waals surface area contributed by atoms with Crippen LogP contribution in [-0.4, -0.2) is 13.0 Å². The van der Waals surface area contributed by atoms with Crippen molar-refractivity contribution in [2.24, 2.45) is 4.99 Å². The number of guanidine groups is 1. The van der Waals surface area contributed by atoms with E-state index in [1.54, 1.807) is 30.5 Å². The van der Waals surface area contributed by atoms with E-state index in [0.29, 0.717) is 6.54 Å². The average Bonchev–Trinajstić information content (AvgIpc) is 2.86. The van der Waals surface area contributed by atoms with Crippen molar-refractivity contribution in [3.63, 3.8) is 0 Å². The minimum atomic E-state index is -0.218. The molecule has 0 fully saturated rings. The van der Waals surface area contributed by atoms with Crippen LogP contribution in [0.5, 0.6) is 0 Å². The lowest BCUT2D eigenvalue weighted by molar-refractivity contribution is 0.626. The molecule has 0 bridgehead atoms. The second kappa shape index (κ2) is 7.05. The molecule has 2 N–H and O–H groups in total. The molecule has 0 spiro atoms. The van der Waals surface area contributed by atoms with Crippen LogP contribution in [0.4, 0.5) is 4.39 Å². The van der Waals surface area contributed by atoms with Crippen molar-refractivity contribution in [2.45, 2.75) is 20.0 Å². The molecule has 0 aliphatic carbocycles. The monoisotopic (exact) mass is 291 g/mol. The maximum Gasteiger partial charge on any atom is 0.191 e. The number of rotatable bonds is 4. The first-order chi connectivity index (χ1) is 9.69. The van der Waals surface area contributed by atoms with Crippen molar-refractivity contribution < 1.29 is 4.39 Å². The van der Waals surface area contributed by atoms with Gasteiger partial charge in [0, 0.05) is 18.5 Å². The second-order valence-electron chi connectivity index (χ2n) is 4.43. The van der Waals surface area contributed by atoms with E-state index in [9.17, 15) is 4.39 Å². The van der Waals surface area contributed by atoms with Crippen LogP contribution in [0.15, 0.2) is 40.7 Å². The first-order valence-corrected chi connectivity index (χ1v) is 7.29. The van der Waals surface area contributed by atoms with Crippen LogP contribution in [0.25, 0.3) is 0 Å². The molecule has 0 unspecified atom stereocenters. The molecule has 1 heterocycles. The molecule has 0 aliphatic rings. The highest BCUT2D eigenvalue weighted by Crippen LogP contribution is 2.14. The zero-order valence-corrected chi connectivity index (χ0v) is 12.4. The Bertz CT molecular complexity index is 575. The normalized spacial score (nSPS) is 11.4. The second-order valence-corrected chi connectivity index (χ2v) is 5.43. The van der Waals surface area contributed by atoms with E-state index in [4.69, 9.17) is 0 Å². The number of nitrogens with zero attached hydrogens (tertiary/aromatic N) is 1. The van der Waals surface area contributed by atoms with Crippen LogP contribution in [0.2, 0.25) is 0 Å². The molecule has 2 aromatic rings. The Morgan fingerprint density at radius 3 is 2.45 bits per heavy atom. The van der Waals surface area contributed by atoms with Crippen molar-refractivity contribution in [2.75, 3.05) is 7.05 Å². The van der Waals surface area contributed by atoms with Gasteiger partial charge in [-0.2, -0.15) is 0 Å². The highest BCUT2D eigenvalue weighted by Gasteiger charge is 2.02. The fourth-order valence-electron chi connectivity index (χ4n) is 1.76.